The maximum atomic E-state index is 6.24. The van der Waals surface area contributed by atoms with E-state index in [2.05, 4.69) is 38.1 Å². The van der Waals surface area contributed by atoms with E-state index in [0.29, 0.717) is 11.8 Å². The van der Waals surface area contributed by atoms with Crippen LogP contribution in [0.3, 0.4) is 0 Å². The monoisotopic (exact) mass is 286 g/mol. The Morgan fingerprint density at radius 1 is 1.06 bits per heavy atom. The van der Waals surface area contributed by atoms with Crippen LogP contribution in [0, 0.1) is 6.92 Å². The number of rotatable bonds is 8. The zero-order chi connectivity index (χ0) is 13.4. The molecule has 0 saturated heterocycles. The first kappa shape index (κ1) is 15.9. The second-order valence-corrected chi connectivity index (χ2v) is 5.76. The average molecular weight is 287 g/mol. The Bertz CT molecular complexity index is 343. The van der Waals surface area contributed by atoms with Crippen LogP contribution in [0.25, 0.3) is 0 Å². The molecule has 0 radical (unpaired) electrons. The minimum absolute atomic E-state index is 0.0527. The molecule has 1 aromatic carbocycles. The normalized spacial score (nSPS) is 11.8. The summed E-state index contributed by atoms with van der Waals surface area (Å²) >= 11 is 12.5. The highest BCUT2D eigenvalue weighted by Crippen LogP contribution is 2.33. The van der Waals surface area contributed by atoms with Crippen LogP contribution in [0.4, 0.5) is 0 Å². The molecule has 0 aliphatic heterocycles. The first-order valence-corrected chi connectivity index (χ1v) is 7.94. The van der Waals surface area contributed by atoms with Crippen LogP contribution in [0.15, 0.2) is 24.3 Å². The van der Waals surface area contributed by atoms with Crippen molar-refractivity contribution in [2.24, 2.45) is 0 Å². The minimum Gasteiger partial charge on any atom is -0.126 e. The van der Waals surface area contributed by atoms with Gasteiger partial charge in [0.05, 0.1) is 0 Å². The lowest BCUT2D eigenvalue weighted by atomic mass is 9.79. The molecule has 0 aliphatic carbocycles. The number of hydrogen-bond donors (Lipinski definition) is 0. The molecule has 0 N–H and O–H groups in total. The molecule has 0 fully saturated rings. The van der Waals surface area contributed by atoms with Gasteiger partial charge in [-0.25, -0.2) is 0 Å². The number of benzene rings is 1. The Labute approximate surface area is 122 Å². The molecular weight excluding hydrogens is 263 g/mol. The summed E-state index contributed by atoms with van der Waals surface area (Å²) in [4.78, 5) is 0. The van der Waals surface area contributed by atoms with Crippen molar-refractivity contribution in [2.75, 3.05) is 11.8 Å². The van der Waals surface area contributed by atoms with E-state index in [-0.39, 0.29) is 5.41 Å². The fraction of sp³-hybridized carbons (Fsp3) is 0.625. The second-order valence-electron chi connectivity index (χ2n) is 5.23. The van der Waals surface area contributed by atoms with Crippen molar-refractivity contribution in [1.29, 1.82) is 0 Å². The Morgan fingerprint density at radius 2 is 1.78 bits per heavy atom. The van der Waals surface area contributed by atoms with Crippen molar-refractivity contribution in [2.45, 2.75) is 51.4 Å². The molecule has 18 heavy (non-hydrogen) atoms. The van der Waals surface area contributed by atoms with E-state index in [1.807, 2.05) is 0 Å². The Hall–Kier alpha value is -0.200. The zero-order valence-electron chi connectivity index (χ0n) is 11.5. The number of halogens is 2. The van der Waals surface area contributed by atoms with Crippen LogP contribution in [-0.4, -0.2) is 11.8 Å². The van der Waals surface area contributed by atoms with Crippen LogP contribution in [0.2, 0.25) is 0 Å². The van der Waals surface area contributed by atoms with Gasteiger partial charge in [-0.15, -0.1) is 23.2 Å². The van der Waals surface area contributed by atoms with Gasteiger partial charge in [-0.1, -0.05) is 62.4 Å². The average Bonchev–Trinajstić information content (AvgIpc) is 2.40. The second kappa shape index (κ2) is 8.07. The minimum atomic E-state index is -0.0527. The van der Waals surface area contributed by atoms with Crippen LogP contribution in [0.5, 0.6) is 0 Å². The van der Waals surface area contributed by atoms with Crippen LogP contribution in [0.1, 0.15) is 50.2 Å². The predicted octanol–water partition coefficient (Wildman–Crippen LogP) is 5.68. The maximum Gasteiger partial charge on any atom is 0.0332 e. The van der Waals surface area contributed by atoms with Gasteiger partial charge in [-0.05, 0) is 18.9 Å². The van der Waals surface area contributed by atoms with E-state index >= 15 is 0 Å². The van der Waals surface area contributed by atoms with Gasteiger partial charge in [0.1, 0.15) is 0 Å². The lowest BCUT2D eigenvalue weighted by Crippen LogP contribution is -2.30. The van der Waals surface area contributed by atoms with E-state index in [4.69, 9.17) is 23.2 Å². The summed E-state index contributed by atoms with van der Waals surface area (Å²) in [5, 5.41) is 0. The number of hydrogen-bond acceptors (Lipinski definition) is 0. The Morgan fingerprint density at radius 3 is 2.33 bits per heavy atom. The van der Waals surface area contributed by atoms with Gasteiger partial charge in [-0.3, -0.25) is 0 Å². The van der Waals surface area contributed by atoms with E-state index in [9.17, 15) is 0 Å². The summed E-state index contributed by atoms with van der Waals surface area (Å²) in [5.41, 5.74) is 2.52. The standard InChI is InChI=1S/C16H24Cl2/c1-3-4-5-6-10-16(12-17,13-18)15-9-7-8-14(2)11-15/h7-9,11H,3-6,10,12-13H2,1-2H3. The molecule has 1 aromatic rings. The third-order valence-electron chi connectivity index (χ3n) is 3.65. The molecule has 0 unspecified atom stereocenters. The lowest BCUT2D eigenvalue weighted by molar-refractivity contribution is 0.456. The fourth-order valence-corrected chi connectivity index (χ4v) is 3.19. The molecule has 0 aromatic heterocycles. The van der Waals surface area contributed by atoms with Crippen LogP contribution in [-0.2, 0) is 5.41 Å². The molecule has 0 amide bonds. The fourth-order valence-electron chi connectivity index (χ4n) is 2.33. The molecule has 0 nitrogen and oxygen atoms in total. The molecular formula is C16H24Cl2. The van der Waals surface area contributed by atoms with Crippen LogP contribution < -0.4 is 0 Å². The maximum absolute atomic E-state index is 6.24. The quantitative estimate of drug-likeness (QED) is 0.426. The van der Waals surface area contributed by atoms with Crippen molar-refractivity contribution < 1.29 is 0 Å². The summed E-state index contributed by atoms with van der Waals surface area (Å²) in [5.74, 6) is 1.21. The third-order valence-corrected chi connectivity index (χ3v) is 4.67. The Balaban J connectivity index is 2.79. The van der Waals surface area contributed by atoms with E-state index < -0.39 is 0 Å². The summed E-state index contributed by atoms with van der Waals surface area (Å²) < 4.78 is 0. The molecule has 0 bridgehead atoms. The topological polar surface area (TPSA) is 0 Å². The van der Waals surface area contributed by atoms with Crippen LogP contribution >= 0.6 is 23.2 Å². The number of unbranched alkanes of at least 4 members (excludes halogenated alkanes) is 3. The molecule has 102 valence electrons. The lowest BCUT2D eigenvalue weighted by Gasteiger charge is -2.30. The van der Waals surface area contributed by atoms with E-state index in [1.165, 1.54) is 36.8 Å². The summed E-state index contributed by atoms with van der Waals surface area (Å²) in [6.07, 6.45) is 6.14. The molecule has 0 saturated carbocycles. The van der Waals surface area contributed by atoms with Gasteiger partial charge in [0.2, 0.25) is 0 Å². The number of aryl methyl sites for hydroxylation is 1. The molecule has 1 rings (SSSR count). The summed E-state index contributed by atoms with van der Waals surface area (Å²) in [6, 6.07) is 8.61. The van der Waals surface area contributed by atoms with Gasteiger partial charge in [0, 0.05) is 17.2 Å². The van der Waals surface area contributed by atoms with Crippen molar-refractivity contribution in [3.8, 4) is 0 Å². The first-order valence-electron chi connectivity index (χ1n) is 6.87. The summed E-state index contributed by atoms with van der Waals surface area (Å²) in [6.45, 7) is 4.35. The van der Waals surface area contributed by atoms with E-state index in [0.717, 1.165) is 6.42 Å². The van der Waals surface area contributed by atoms with Gasteiger partial charge in [-0.2, -0.15) is 0 Å². The zero-order valence-corrected chi connectivity index (χ0v) is 13.0. The van der Waals surface area contributed by atoms with Crippen molar-refractivity contribution in [1.82, 2.24) is 0 Å². The highest BCUT2D eigenvalue weighted by molar-refractivity contribution is 6.22. The van der Waals surface area contributed by atoms with Gasteiger partial charge in [0.25, 0.3) is 0 Å². The predicted molar refractivity (Wildman–Crippen MR) is 83.1 cm³/mol. The van der Waals surface area contributed by atoms with Gasteiger partial charge < -0.3 is 0 Å². The van der Waals surface area contributed by atoms with E-state index in [1.54, 1.807) is 0 Å². The Kier molecular flexibility index (Phi) is 7.11. The molecule has 0 atom stereocenters. The first-order chi connectivity index (χ1) is 8.68. The smallest absolute Gasteiger partial charge is 0.0332 e. The van der Waals surface area contributed by atoms with Gasteiger partial charge in [0.15, 0.2) is 0 Å². The largest absolute Gasteiger partial charge is 0.126 e. The highest BCUT2D eigenvalue weighted by Gasteiger charge is 2.30. The number of alkyl halides is 2. The summed E-state index contributed by atoms with van der Waals surface area (Å²) in [7, 11) is 0. The molecule has 0 heterocycles. The van der Waals surface area contributed by atoms with Crippen molar-refractivity contribution in [3.63, 3.8) is 0 Å². The molecule has 2 heteroatoms. The highest BCUT2D eigenvalue weighted by atomic mass is 35.5. The SMILES string of the molecule is CCCCCCC(CCl)(CCl)c1cccc(C)c1. The van der Waals surface area contributed by atoms with Gasteiger partial charge >= 0.3 is 0 Å². The van der Waals surface area contributed by atoms with Crippen molar-refractivity contribution >= 4 is 23.2 Å². The van der Waals surface area contributed by atoms with Crippen molar-refractivity contribution in [3.05, 3.63) is 35.4 Å². The third kappa shape index (κ3) is 4.17. The molecule has 0 spiro atoms. The molecule has 0 aliphatic rings.